The predicted octanol–water partition coefficient (Wildman–Crippen LogP) is -3.39. The van der Waals surface area contributed by atoms with Crippen LogP contribution in [0, 0.1) is 0 Å². The van der Waals surface area contributed by atoms with Crippen LogP contribution in [0.15, 0.2) is 12.3 Å². The fourth-order valence-corrected chi connectivity index (χ4v) is 4.70. The van der Waals surface area contributed by atoms with E-state index in [-0.39, 0.29) is 0 Å². The van der Waals surface area contributed by atoms with Crippen molar-refractivity contribution in [2.24, 2.45) is 0 Å². The molecule has 3 fully saturated rings. The summed E-state index contributed by atoms with van der Waals surface area (Å²) in [5.41, 5.74) is -1.66. The Hall–Kier alpha value is -1.52. The molecule has 174 valence electrons. The number of hydrogen-bond acceptors (Lipinski definition) is 11. The summed E-state index contributed by atoms with van der Waals surface area (Å²) in [5, 5.41) is 52.6. The van der Waals surface area contributed by atoms with E-state index in [2.05, 4.69) is 5.32 Å². The molecule has 8 atom stereocenters. The smallest absolute Gasteiger partial charge is 0.394 e. The fourth-order valence-electron chi connectivity index (χ4n) is 4.70. The molecule has 4 aliphatic heterocycles. The van der Waals surface area contributed by atoms with Gasteiger partial charge in [-0.3, -0.25) is 4.79 Å². The van der Waals surface area contributed by atoms with Crippen molar-refractivity contribution in [3.05, 3.63) is 12.3 Å². The lowest BCUT2D eigenvalue weighted by Gasteiger charge is -2.44. The van der Waals surface area contributed by atoms with E-state index in [4.69, 9.17) is 18.9 Å². The van der Waals surface area contributed by atoms with Crippen LogP contribution in [0.1, 0.15) is 13.8 Å². The van der Waals surface area contributed by atoms with Gasteiger partial charge < -0.3 is 44.5 Å². The summed E-state index contributed by atoms with van der Waals surface area (Å²) in [6, 6.07) is -0.953. The number of hydrogen-bond donors (Lipinski definition) is 6. The number of fused-ring (bicyclic) bond motifs is 1. The van der Waals surface area contributed by atoms with Crippen molar-refractivity contribution in [3.63, 3.8) is 0 Å². The topological polar surface area (TPSA) is 184 Å². The molecule has 0 aromatic carbocycles. The van der Waals surface area contributed by atoms with Crippen LogP contribution in [-0.4, -0.2) is 116 Å². The van der Waals surface area contributed by atoms with Crippen LogP contribution < -0.4 is 5.32 Å². The minimum Gasteiger partial charge on any atom is -0.394 e. The van der Waals surface area contributed by atoms with Gasteiger partial charge in [-0.15, -0.1) is 0 Å². The number of imide groups is 1. The standard InChI is InChI=1S/C18H26N2O11/c1-17(2)29-12-13(30-17)18(6-22,7-23)31-15(12)20(4-3-9(24)19-16(20)27)14-11(26)10(25)8(5-21)28-14/h3-4,8,10-15,21-23,25-26H,5-7H2,1-2H3/p+1/t8-,10-,11-,12-,13+,14-,15-,20?/m1/s1. The molecule has 1 unspecified atom stereocenters. The molecule has 0 saturated carbocycles. The summed E-state index contributed by atoms with van der Waals surface area (Å²) in [6.07, 6.45) is -7.13. The van der Waals surface area contributed by atoms with Crippen molar-refractivity contribution >= 4 is 11.9 Å². The molecule has 0 spiro atoms. The SMILES string of the molecule is CC1(C)O[C@H]2[C@H]([N+]3([C@@H]4O[C@H](CO)[C@@H](O)[C@H]4O)C=CC(=O)NC3=O)OC(CO)(CO)[C@H]2O1. The number of nitrogens with zero attached hydrogens (tertiary/aromatic N) is 1. The van der Waals surface area contributed by atoms with Gasteiger partial charge in [-0.05, 0) is 13.8 Å². The maximum Gasteiger partial charge on any atom is 0.432 e. The van der Waals surface area contributed by atoms with Gasteiger partial charge in [0.1, 0.15) is 30.1 Å². The van der Waals surface area contributed by atoms with Gasteiger partial charge >= 0.3 is 6.03 Å². The minimum absolute atomic E-state index is 0.638. The zero-order chi connectivity index (χ0) is 22.8. The van der Waals surface area contributed by atoms with E-state index >= 15 is 0 Å². The molecule has 4 heterocycles. The second-order valence-corrected chi connectivity index (χ2v) is 8.58. The number of amides is 3. The Morgan fingerprint density at radius 1 is 1.03 bits per heavy atom. The van der Waals surface area contributed by atoms with Gasteiger partial charge in [0.25, 0.3) is 5.91 Å². The third kappa shape index (κ3) is 3.16. The van der Waals surface area contributed by atoms with E-state index in [0.717, 1.165) is 12.3 Å². The number of aliphatic hydroxyl groups is 5. The van der Waals surface area contributed by atoms with Gasteiger partial charge in [0, 0.05) is 0 Å². The highest BCUT2D eigenvalue weighted by Crippen LogP contribution is 2.49. The lowest BCUT2D eigenvalue weighted by Crippen LogP contribution is -2.71. The number of nitrogens with one attached hydrogen (secondary N) is 1. The zero-order valence-corrected chi connectivity index (χ0v) is 17.0. The average molecular weight is 447 g/mol. The van der Waals surface area contributed by atoms with Gasteiger partial charge in [0.05, 0.1) is 25.9 Å². The third-order valence-electron chi connectivity index (χ3n) is 6.23. The first kappa shape index (κ1) is 22.7. The Morgan fingerprint density at radius 3 is 2.26 bits per heavy atom. The molecule has 13 heteroatoms. The van der Waals surface area contributed by atoms with Crippen molar-refractivity contribution in [1.29, 1.82) is 0 Å². The Morgan fingerprint density at radius 2 is 1.71 bits per heavy atom. The summed E-state index contributed by atoms with van der Waals surface area (Å²) in [5.74, 6) is -1.88. The van der Waals surface area contributed by atoms with E-state index < -0.39 is 90.6 Å². The van der Waals surface area contributed by atoms with Gasteiger partial charge in [0.2, 0.25) is 12.5 Å². The van der Waals surface area contributed by atoms with Gasteiger partial charge in [0.15, 0.2) is 18.0 Å². The molecule has 4 aliphatic rings. The summed E-state index contributed by atoms with van der Waals surface area (Å²) < 4.78 is 22.4. The normalized spacial score (nSPS) is 45.7. The zero-order valence-electron chi connectivity index (χ0n) is 17.0. The summed E-state index contributed by atoms with van der Waals surface area (Å²) in [4.78, 5) is 25.1. The fraction of sp³-hybridized carbons (Fsp3) is 0.778. The summed E-state index contributed by atoms with van der Waals surface area (Å²) >= 11 is 0. The monoisotopic (exact) mass is 447 g/mol. The first-order valence-corrected chi connectivity index (χ1v) is 9.86. The van der Waals surface area contributed by atoms with Crippen LogP contribution in [0.4, 0.5) is 4.79 Å². The van der Waals surface area contributed by atoms with E-state index in [0.29, 0.717) is 0 Å². The molecule has 4 rings (SSSR count). The molecule has 0 aromatic heterocycles. The second kappa shape index (κ2) is 7.52. The third-order valence-corrected chi connectivity index (χ3v) is 6.23. The number of quaternary nitrogens is 1. The highest BCUT2D eigenvalue weighted by Gasteiger charge is 2.73. The second-order valence-electron chi connectivity index (χ2n) is 8.58. The molecular formula is C18H27N2O11+. The molecule has 13 nitrogen and oxygen atoms in total. The molecule has 0 bridgehead atoms. The highest BCUT2D eigenvalue weighted by molar-refractivity contribution is 6.00. The van der Waals surface area contributed by atoms with Crippen molar-refractivity contribution < 1.29 is 58.6 Å². The van der Waals surface area contributed by atoms with Crippen molar-refractivity contribution in [2.75, 3.05) is 19.8 Å². The van der Waals surface area contributed by atoms with Crippen LogP contribution in [0.3, 0.4) is 0 Å². The molecule has 31 heavy (non-hydrogen) atoms. The summed E-state index contributed by atoms with van der Waals surface area (Å²) in [6.45, 7) is 1.21. The van der Waals surface area contributed by atoms with Crippen LogP contribution in [-0.2, 0) is 23.7 Å². The Labute approximate surface area is 176 Å². The number of rotatable bonds is 5. The van der Waals surface area contributed by atoms with Gasteiger partial charge in [-0.25, -0.2) is 10.1 Å². The quantitative estimate of drug-likeness (QED) is 0.231. The number of aliphatic hydroxyl groups excluding tert-OH is 5. The first-order valence-electron chi connectivity index (χ1n) is 9.86. The molecule has 3 amide bonds. The maximum atomic E-state index is 13.2. The molecule has 0 aromatic rings. The Balaban J connectivity index is 1.84. The molecule has 6 N–H and O–H groups in total. The van der Waals surface area contributed by atoms with Crippen molar-refractivity contribution in [1.82, 2.24) is 5.32 Å². The number of ether oxygens (including phenoxy) is 4. The lowest BCUT2D eigenvalue weighted by molar-refractivity contribution is -0.905. The van der Waals surface area contributed by atoms with Gasteiger partial charge in [-0.1, -0.05) is 0 Å². The minimum atomic E-state index is -1.66. The van der Waals surface area contributed by atoms with E-state index in [1.807, 2.05) is 0 Å². The van der Waals surface area contributed by atoms with Gasteiger partial charge in [-0.2, -0.15) is 4.48 Å². The van der Waals surface area contributed by atoms with Crippen LogP contribution in [0.2, 0.25) is 0 Å². The number of carbonyl (C=O) groups excluding carboxylic acids is 2. The molecule has 0 radical (unpaired) electrons. The van der Waals surface area contributed by atoms with E-state index in [9.17, 15) is 35.1 Å². The molecule has 3 saturated heterocycles. The largest absolute Gasteiger partial charge is 0.432 e. The van der Waals surface area contributed by atoms with Crippen molar-refractivity contribution in [3.8, 4) is 0 Å². The first-order chi connectivity index (χ1) is 14.5. The number of carbonyl (C=O) groups is 2. The maximum absolute atomic E-state index is 13.2. The van der Waals surface area contributed by atoms with E-state index in [1.165, 1.54) is 0 Å². The van der Waals surface area contributed by atoms with Crippen LogP contribution >= 0.6 is 0 Å². The predicted molar refractivity (Wildman–Crippen MR) is 96.3 cm³/mol. The highest BCUT2D eigenvalue weighted by atomic mass is 16.8. The average Bonchev–Trinajstić information content (AvgIpc) is 3.31. The Kier molecular flexibility index (Phi) is 5.50. The van der Waals surface area contributed by atoms with Crippen LogP contribution in [0.5, 0.6) is 0 Å². The lowest BCUT2D eigenvalue weighted by atomic mass is 9.96. The Bertz CT molecular complexity index is 784. The molecular weight excluding hydrogens is 420 g/mol. The summed E-state index contributed by atoms with van der Waals surface area (Å²) in [7, 11) is 0. The van der Waals surface area contributed by atoms with Crippen LogP contribution in [0.25, 0.3) is 0 Å². The van der Waals surface area contributed by atoms with Crippen molar-refractivity contribution in [2.45, 2.75) is 68.2 Å². The number of urea groups is 1. The molecule has 0 aliphatic carbocycles. The van der Waals surface area contributed by atoms with E-state index in [1.54, 1.807) is 13.8 Å².